The van der Waals surface area contributed by atoms with Crippen LogP contribution in [0.15, 0.2) is 23.3 Å². The minimum atomic E-state index is -0.930. The maximum atomic E-state index is 13.6. The number of rotatable bonds is 4. The number of aliphatic imine (C=N–C) groups is 1. The molecule has 1 aliphatic heterocycles. The van der Waals surface area contributed by atoms with Gasteiger partial charge in [-0.25, -0.2) is 15.0 Å². The minimum absolute atomic E-state index is 0.0482. The lowest BCUT2D eigenvalue weighted by Gasteiger charge is -2.38. The van der Waals surface area contributed by atoms with Crippen molar-refractivity contribution in [1.82, 2.24) is 9.97 Å². The molecule has 2 heterocycles. The Morgan fingerprint density at radius 3 is 2.76 bits per heavy atom. The highest BCUT2D eigenvalue weighted by Gasteiger charge is 2.38. The number of nitrogens with zero attached hydrogens (tertiary/aromatic N) is 4. The van der Waals surface area contributed by atoms with Crippen LogP contribution in [-0.2, 0) is 4.74 Å². The number of hydrogen-bond donors (Lipinski definition) is 0. The van der Waals surface area contributed by atoms with Gasteiger partial charge in [0.2, 0.25) is 5.95 Å². The van der Waals surface area contributed by atoms with E-state index in [1.807, 2.05) is 20.0 Å². The van der Waals surface area contributed by atoms with Gasteiger partial charge in [-0.3, -0.25) is 0 Å². The van der Waals surface area contributed by atoms with Crippen LogP contribution >= 0.6 is 0 Å². The lowest BCUT2D eigenvalue weighted by Crippen LogP contribution is -2.49. The van der Waals surface area contributed by atoms with Gasteiger partial charge < -0.3 is 9.64 Å². The molecule has 1 aromatic rings. The van der Waals surface area contributed by atoms with Crippen molar-refractivity contribution in [2.75, 3.05) is 19.1 Å². The fraction of sp³-hybridized carbons (Fsp3) is 0.533. The number of methoxy groups -OCH3 is 1. The third-order valence-corrected chi connectivity index (χ3v) is 4.03. The Morgan fingerprint density at radius 2 is 2.14 bits per heavy atom. The summed E-state index contributed by atoms with van der Waals surface area (Å²) in [6.45, 7) is 1.95. The molecule has 1 unspecified atom stereocenters. The van der Waals surface area contributed by atoms with E-state index in [2.05, 4.69) is 15.0 Å². The lowest BCUT2D eigenvalue weighted by atomic mass is 10.1. The molecule has 5 nitrogen and oxygen atoms in total. The van der Waals surface area contributed by atoms with E-state index in [1.165, 1.54) is 19.0 Å². The summed E-state index contributed by atoms with van der Waals surface area (Å²) in [6.07, 6.45) is 5.56. The fourth-order valence-electron chi connectivity index (χ4n) is 2.54. The first-order valence-corrected chi connectivity index (χ1v) is 7.08. The van der Waals surface area contributed by atoms with Crippen LogP contribution in [0.3, 0.4) is 0 Å². The monoisotopic (exact) mass is 290 g/mol. The summed E-state index contributed by atoms with van der Waals surface area (Å²) >= 11 is 0. The van der Waals surface area contributed by atoms with Crippen molar-refractivity contribution in [3.63, 3.8) is 0 Å². The Bertz CT molecular complexity index is 612. The highest BCUT2D eigenvalue weighted by atomic mass is 19.1. The Balaban J connectivity index is 1.95. The second kappa shape index (κ2) is 5.18. The van der Waals surface area contributed by atoms with E-state index in [-0.39, 0.29) is 6.42 Å². The van der Waals surface area contributed by atoms with Gasteiger partial charge in [-0.1, -0.05) is 0 Å². The molecule has 0 spiro atoms. The maximum Gasteiger partial charge on any atom is 0.228 e. The Labute approximate surface area is 123 Å². The topological polar surface area (TPSA) is 50.6 Å². The molecule has 0 aromatic carbocycles. The van der Waals surface area contributed by atoms with Gasteiger partial charge in [-0.2, -0.15) is 4.39 Å². The van der Waals surface area contributed by atoms with Gasteiger partial charge in [0.05, 0.1) is 6.42 Å². The molecule has 2 aliphatic rings. The highest BCUT2D eigenvalue weighted by molar-refractivity contribution is 5.78. The van der Waals surface area contributed by atoms with Crippen molar-refractivity contribution < 1.29 is 9.13 Å². The number of anilines is 1. The van der Waals surface area contributed by atoms with Crippen molar-refractivity contribution in [1.29, 1.82) is 0 Å². The van der Waals surface area contributed by atoms with Gasteiger partial charge in [-0.15, -0.1) is 0 Å². The lowest BCUT2D eigenvalue weighted by molar-refractivity contribution is 0.0353. The summed E-state index contributed by atoms with van der Waals surface area (Å²) in [6, 6.07) is 2.02. The first-order chi connectivity index (χ1) is 10.0. The van der Waals surface area contributed by atoms with Crippen LogP contribution in [0.4, 0.5) is 10.3 Å². The van der Waals surface area contributed by atoms with Gasteiger partial charge in [-0.05, 0) is 31.9 Å². The van der Waals surface area contributed by atoms with Crippen LogP contribution < -0.4 is 4.90 Å². The third-order valence-electron chi connectivity index (χ3n) is 4.03. The van der Waals surface area contributed by atoms with E-state index in [4.69, 9.17) is 4.74 Å². The molecule has 0 N–H and O–H groups in total. The van der Waals surface area contributed by atoms with E-state index >= 15 is 0 Å². The van der Waals surface area contributed by atoms with Crippen LogP contribution in [0.5, 0.6) is 0 Å². The van der Waals surface area contributed by atoms with Gasteiger partial charge in [0.15, 0.2) is 11.7 Å². The van der Waals surface area contributed by atoms with Crippen molar-refractivity contribution in [2.45, 2.75) is 37.8 Å². The normalized spacial score (nSPS) is 24.9. The summed E-state index contributed by atoms with van der Waals surface area (Å²) in [4.78, 5) is 14.5. The molecule has 1 atom stereocenters. The van der Waals surface area contributed by atoms with Crippen LogP contribution in [0, 0.1) is 6.92 Å². The molecular weight excluding hydrogens is 271 g/mol. The molecule has 112 valence electrons. The van der Waals surface area contributed by atoms with Crippen LogP contribution in [0.25, 0.3) is 0 Å². The van der Waals surface area contributed by atoms with Crippen molar-refractivity contribution in [3.05, 3.63) is 29.7 Å². The number of hydrogen-bond acceptors (Lipinski definition) is 5. The number of aryl methyl sites for hydroxylation is 1. The largest absolute Gasteiger partial charge is 0.354 e. The minimum Gasteiger partial charge on any atom is -0.354 e. The summed E-state index contributed by atoms with van der Waals surface area (Å²) in [5, 5.41) is 0. The number of likely N-dealkylation sites (N-methyl/N-ethyl adjacent to an activating group) is 1. The fourth-order valence-corrected chi connectivity index (χ4v) is 2.54. The Kier molecular flexibility index (Phi) is 3.49. The Morgan fingerprint density at radius 1 is 1.38 bits per heavy atom. The predicted octanol–water partition coefficient (Wildman–Crippen LogP) is 2.73. The van der Waals surface area contributed by atoms with E-state index in [9.17, 15) is 4.39 Å². The van der Waals surface area contributed by atoms with Crippen LogP contribution in [0.1, 0.15) is 36.6 Å². The molecule has 3 rings (SSSR count). The van der Waals surface area contributed by atoms with Crippen molar-refractivity contribution in [2.24, 2.45) is 4.99 Å². The quantitative estimate of drug-likeness (QED) is 0.800. The zero-order chi connectivity index (χ0) is 15.0. The van der Waals surface area contributed by atoms with Crippen LogP contribution in [0.2, 0.25) is 0 Å². The summed E-state index contributed by atoms with van der Waals surface area (Å²) < 4.78 is 19.1. The Hall–Kier alpha value is -1.82. The van der Waals surface area contributed by atoms with E-state index in [0.29, 0.717) is 11.9 Å². The van der Waals surface area contributed by atoms with Crippen molar-refractivity contribution in [3.8, 4) is 0 Å². The average Bonchev–Trinajstić information content (AvgIpc) is 3.30. The summed E-state index contributed by atoms with van der Waals surface area (Å²) in [5.41, 5.74) is 1.04. The molecule has 0 bridgehead atoms. The standard InChI is InChI=1S/C15H19FN4O/c1-10-8-12(11-4-5-11)19-14(18-10)20(2)15(21-3)6-7-17-13(16)9-15/h6-8,11H,4-5,9H2,1-3H3. The molecular formula is C15H19FN4O. The van der Waals surface area contributed by atoms with Crippen molar-refractivity contribution >= 4 is 11.9 Å². The molecule has 21 heavy (non-hydrogen) atoms. The van der Waals surface area contributed by atoms with Gasteiger partial charge >= 0.3 is 0 Å². The molecule has 1 saturated carbocycles. The summed E-state index contributed by atoms with van der Waals surface area (Å²) in [7, 11) is 3.37. The molecule has 1 aromatic heterocycles. The SMILES string of the molecule is COC1(N(C)c2nc(C)cc(C3CC3)n2)C=CN=C(F)C1. The first-order valence-electron chi connectivity index (χ1n) is 7.08. The maximum absolute atomic E-state index is 13.6. The predicted molar refractivity (Wildman–Crippen MR) is 79.2 cm³/mol. The second-order valence-corrected chi connectivity index (χ2v) is 5.61. The van der Waals surface area contributed by atoms with Gasteiger partial charge in [0.1, 0.15) is 0 Å². The van der Waals surface area contributed by atoms with E-state index < -0.39 is 11.7 Å². The van der Waals surface area contributed by atoms with Crippen LogP contribution in [-0.4, -0.2) is 35.8 Å². The molecule has 0 radical (unpaired) electrons. The number of aromatic nitrogens is 2. The van der Waals surface area contributed by atoms with Gasteiger partial charge in [0.25, 0.3) is 0 Å². The zero-order valence-corrected chi connectivity index (χ0v) is 12.5. The van der Waals surface area contributed by atoms with E-state index in [0.717, 1.165) is 11.4 Å². The molecule has 1 aliphatic carbocycles. The summed E-state index contributed by atoms with van der Waals surface area (Å²) in [5.74, 6) is 0.636. The van der Waals surface area contributed by atoms with Gasteiger partial charge in [0, 0.05) is 37.7 Å². The highest BCUT2D eigenvalue weighted by Crippen LogP contribution is 2.40. The molecule has 1 fully saturated rings. The molecule has 0 amide bonds. The molecule has 6 heteroatoms. The second-order valence-electron chi connectivity index (χ2n) is 5.61. The first kappa shape index (κ1) is 14.1. The average molecular weight is 290 g/mol. The number of ether oxygens (including phenoxy) is 1. The smallest absolute Gasteiger partial charge is 0.228 e. The molecule has 0 saturated heterocycles. The third kappa shape index (κ3) is 2.68. The number of halogens is 1. The zero-order valence-electron chi connectivity index (χ0n) is 12.5. The van der Waals surface area contributed by atoms with E-state index in [1.54, 1.807) is 18.1 Å².